The molecular formula is C20H29N3O3. The Balaban J connectivity index is 1.57. The van der Waals surface area contributed by atoms with Crippen LogP contribution in [0.3, 0.4) is 0 Å². The lowest BCUT2D eigenvalue weighted by atomic mass is 9.94. The minimum absolute atomic E-state index is 0.00359. The predicted molar refractivity (Wildman–Crippen MR) is 98.5 cm³/mol. The number of nitrogens with zero attached hydrogens (tertiary/aromatic N) is 3. The number of hydrogen-bond acceptors (Lipinski definition) is 4. The lowest BCUT2D eigenvalue weighted by Crippen LogP contribution is -2.45. The van der Waals surface area contributed by atoms with Crippen molar-refractivity contribution in [3.05, 3.63) is 30.1 Å². The van der Waals surface area contributed by atoms with Gasteiger partial charge in [0, 0.05) is 37.9 Å². The first-order valence-corrected chi connectivity index (χ1v) is 9.53. The molecule has 2 aliphatic rings. The van der Waals surface area contributed by atoms with Crippen LogP contribution >= 0.6 is 0 Å². The van der Waals surface area contributed by atoms with Crippen molar-refractivity contribution >= 4 is 12.0 Å². The predicted octanol–water partition coefficient (Wildman–Crippen LogP) is 3.39. The number of aromatic nitrogens is 1. The smallest absolute Gasteiger partial charge is 0.410 e. The van der Waals surface area contributed by atoms with Crippen molar-refractivity contribution in [2.24, 2.45) is 5.92 Å². The molecule has 6 nitrogen and oxygen atoms in total. The van der Waals surface area contributed by atoms with E-state index in [1.165, 1.54) is 0 Å². The number of piperidine rings is 1. The van der Waals surface area contributed by atoms with Crippen LogP contribution in [0.5, 0.6) is 0 Å². The number of carbonyl (C=O) groups excluding carboxylic acids is 2. The van der Waals surface area contributed by atoms with Crippen molar-refractivity contribution in [2.45, 2.75) is 58.1 Å². The highest BCUT2D eigenvalue weighted by Gasteiger charge is 2.36. The Hall–Kier alpha value is -2.11. The third-order valence-corrected chi connectivity index (χ3v) is 5.12. The highest BCUT2D eigenvalue weighted by Crippen LogP contribution is 2.34. The van der Waals surface area contributed by atoms with Crippen LogP contribution in [0.4, 0.5) is 4.79 Å². The van der Waals surface area contributed by atoms with Gasteiger partial charge in [-0.2, -0.15) is 0 Å². The standard InChI is InChI=1S/C20H29N3O3/c1-20(2,3)26-19(25)22-13-8-16(9-14-22)18(24)23-12-4-5-17(23)15-6-10-21-11-7-15/h6-7,10-11,16-17H,4-5,8-9,12-14H2,1-3H3/t17-/m1/s1. The van der Waals surface area contributed by atoms with Gasteiger partial charge in [0.1, 0.15) is 5.60 Å². The summed E-state index contributed by atoms with van der Waals surface area (Å²) in [6.07, 6.45) is 6.75. The van der Waals surface area contributed by atoms with Crippen LogP contribution in [0.2, 0.25) is 0 Å². The van der Waals surface area contributed by atoms with Crippen LogP contribution < -0.4 is 0 Å². The van der Waals surface area contributed by atoms with Crippen LogP contribution in [-0.4, -0.2) is 52.0 Å². The van der Waals surface area contributed by atoms with Gasteiger partial charge >= 0.3 is 6.09 Å². The second kappa shape index (κ2) is 7.64. The molecular weight excluding hydrogens is 330 g/mol. The van der Waals surface area contributed by atoms with Crippen molar-refractivity contribution in [1.29, 1.82) is 0 Å². The Bertz CT molecular complexity index is 633. The zero-order valence-electron chi connectivity index (χ0n) is 16.0. The van der Waals surface area contributed by atoms with E-state index in [0.29, 0.717) is 25.9 Å². The molecule has 0 unspecified atom stereocenters. The molecule has 3 rings (SSSR count). The maximum Gasteiger partial charge on any atom is 0.410 e. The van der Waals surface area contributed by atoms with E-state index in [4.69, 9.17) is 4.74 Å². The van der Waals surface area contributed by atoms with Gasteiger partial charge < -0.3 is 14.5 Å². The number of amides is 2. The SMILES string of the molecule is CC(C)(C)OC(=O)N1CCC(C(=O)N2CCC[C@@H]2c2ccncc2)CC1. The summed E-state index contributed by atoms with van der Waals surface area (Å²) in [6, 6.07) is 4.16. The highest BCUT2D eigenvalue weighted by molar-refractivity contribution is 5.80. The van der Waals surface area contributed by atoms with E-state index in [9.17, 15) is 9.59 Å². The average molecular weight is 359 g/mol. The first-order valence-electron chi connectivity index (χ1n) is 9.53. The molecule has 26 heavy (non-hydrogen) atoms. The second-order valence-electron chi connectivity index (χ2n) is 8.21. The van der Waals surface area contributed by atoms with E-state index >= 15 is 0 Å². The zero-order valence-corrected chi connectivity index (χ0v) is 16.0. The average Bonchev–Trinajstić information content (AvgIpc) is 3.10. The number of ether oxygens (including phenoxy) is 1. The van der Waals surface area contributed by atoms with Gasteiger partial charge in [0.05, 0.1) is 6.04 Å². The fourth-order valence-electron chi connectivity index (χ4n) is 3.83. The monoisotopic (exact) mass is 359 g/mol. The lowest BCUT2D eigenvalue weighted by molar-refractivity contribution is -0.138. The van der Waals surface area contributed by atoms with E-state index in [1.54, 1.807) is 17.3 Å². The first kappa shape index (κ1) is 18.7. The number of likely N-dealkylation sites (tertiary alicyclic amines) is 2. The minimum Gasteiger partial charge on any atom is -0.444 e. The Morgan fingerprint density at radius 3 is 2.35 bits per heavy atom. The second-order valence-corrected chi connectivity index (χ2v) is 8.21. The van der Waals surface area contributed by atoms with Gasteiger partial charge in [-0.3, -0.25) is 9.78 Å². The lowest BCUT2D eigenvalue weighted by Gasteiger charge is -2.35. The van der Waals surface area contributed by atoms with E-state index < -0.39 is 5.60 Å². The number of rotatable bonds is 2. The number of pyridine rings is 1. The largest absolute Gasteiger partial charge is 0.444 e. The number of carbonyl (C=O) groups is 2. The molecule has 2 fully saturated rings. The van der Waals surface area contributed by atoms with E-state index in [2.05, 4.69) is 4.98 Å². The third-order valence-electron chi connectivity index (χ3n) is 5.12. The molecule has 1 atom stereocenters. The molecule has 3 heterocycles. The molecule has 2 aliphatic heterocycles. The topological polar surface area (TPSA) is 62.7 Å². The first-order chi connectivity index (χ1) is 12.3. The van der Waals surface area contributed by atoms with Crippen LogP contribution in [0.1, 0.15) is 58.1 Å². The third kappa shape index (κ3) is 4.34. The van der Waals surface area contributed by atoms with Crippen molar-refractivity contribution in [1.82, 2.24) is 14.8 Å². The summed E-state index contributed by atoms with van der Waals surface area (Å²) in [6.45, 7) is 7.59. The summed E-state index contributed by atoms with van der Waals surface area (Å²) in [7, 11) is 0. The van der Waals surface area contributed by atoms with E-state index in [0.717, 1.165) is 24.9 Å². The Labute approximate surface area is 155 Å². The van der Waals surface area contributed by atoms with Crippen LogP contribution in [-0.2, 0) is 9.53 Å². The van der Waals surface area contributed by atoms with Crippen LogP contribution in [0, 0.1) is 5.92 Å². The minimum atomic E-state index is -0.489. The molecule has 1 aromatic rings. The molecule has 0 N–H and O–H groups in total. The molecule has 2 saturated heterocycles. The summed E-state index contributed by atoms with van der Waals surface area (Å²) in [5, 5.41) is 0. The maximum absolute atomic E-state index is 13.1. The fraction of sp³-hybridized carbons (Fsp3) is 0.650. The summed E-state index contributed by atoms with van der Waals surface area (Å²) >= 11 is 0. The van der Waals surface area contributed by atoms with Gasteiger partial charge in [-0.15, -0.1) is 0 Å². The molecule has 2 amide bonds. The van der Waals surface area contributed by atoms with Crippen molar-refractivity contribution in [3.63, 3.8) is 0 Å². The van der Waals surface area contributed by atoms with Gasteiger partial charge in [-0.05, 0) is 64.2 Å². The summed E-state index contributed by atoms with van der Waals surface area (Å²) < 4.78 is 5.43. The Kier molecular flexibility index (Phi) is 5.49. The van der Waals surface area contributed by atoms with Crippen molar-refractivity contribution in [3.8, 4) is 0 Å². The van der Waals surface area contributed by atoms with E-state index in [1.807, 2.05) is 37.8 Å². The molecule has 0 aliphatic carbocycles. The van der Waals surface area contributed by atoms with Gasteiger partial charge in [0.25, 0.3) is 0 Å². The quantitative estimate of drug-likeness (QED) is 0.812. The maximum atomic E-state index is 13.1. The van der Waals surface area contributed by atoms with Crippen molar-refractivity contribution in [2.75, 3.05) is 19.6 Å². The van der Waals surface area contributed by atoms with Gasteiger partial charge in [-0.25, -0.2) is 4.79 Å². The molecule has 0 aromatic carbocycles. The Morgan fingerprint density at radius 2 is 1.73 bits per heavy atom. The number of hydrogen-bond donors (Lipinski definition) is 0. The normalized spacial score (nSPS) is 21.7. The molecule has 1 aromatic heterocycles. The van der Waals surface area contributed by atoms with Crippen LogP contribution in [0.25, 0.3) is 0 Å². The summed E-state index contributed by atoms with van der Waals surface area (Å²) in [5.41, 5.74) is 0.675. The molecule has 6 heteroatoms. The van der Waals surface area contributed by atoms with Gasteiger partial charge in [-0.1, -0.05) is 0 Å². The van der Waals surface area contributed by atoms with Crippen LogP contribution in [0.15, 0.2) is 24.5 Å². The summed E-state index contributed by atoms with van der Waals surface area (Å²) in [5.74, 6) is 0.226. The van der Waals surface area contributed by atoms with Gasteiger partial charge in [0.15, 0.2) is 0 Å². The highest BCUT2D eigenvalue weighted by atomic mass is 16.6. The molecule has 0 radical (unpaired) electrons. The van der Waals surface area contributed by atoms with Gasteiger partial charge in [0.2, 0.25) is 5.91 Å². The molecule has 0 saturated carbocycles. The zero-order chi connectivity index (χ0) is 18.7. The molecule has 0 spiro atoms. The Morgan fingerprint density at radius 1 is 1.08 bits per heavy atom. The summed E-state index contributed by atoms with van der Waals surface area (Å²) in [4.78, 5) is 33.1. The van der Waals surface area contributed by atoms with Crippen molar-refractivity contribution < 1.29 is 14.3 Å². The fourth-order valence-corrected chi connectivity index (χ4v) is 3.83. The molecule has 0 bridgehead atoms. The van der Waals surface area contributed by atoms with E-state index in [-0.39, 0.29) is 24.0 Å². The molecule has 142 valence electrons.